The van der Waals surface area contributed by atoms with E-state index in [4.69, 9.17) is 16.6 Å². The number of carbonyl (C=O) groups excluding carboxylic acids is 1. The van der Waals surface area contributed by atoms with Crippen LogP contribution in [-0.2, 0) is 11.2 Å². The number of aromatic nitrogens is 1. The summed E-state index contributed by atoms with van der Waals surface area (Å²) in [5.41, 5.74) is 4.14. The molecule has 2 aromatic carbocycles. The van der Waals surface area contributed by atoms with Crippen molar-refractivity contribution >= 4 is 44.2 Å². The van der Waals surface area contributed by atoms with Gasteiger partial charge in [-0.05, 0) is 50.2 Å². The zero-order valence-electron chi connectivity index (χ0n) is 17.5. The number of aryl methyl sites for hydroxylation is 2. The average molecular weight is 430 g/mol. The third-order valence-electron chi connectivity index (χ3n) is 5.27. The fraction of sp³-hybridized carbons (Fsp3) is 0.391. The fourth-order valence-corrected chi connectivity index (χ4v) is 4.68. The van der Waals surface area contributed by atoms with Gasteiger partial charge in [0.05, 0.1) is 16.1 Å². The van der Waals surface area contributed by atoms with Crippen molar-refractivity contribution in [2.24, 2.45) is 0 Å². The Hall–Kier alpha value is -1.95. The molecular weight excluding hydrogens is 402 g/mol. The summed E-state index contributed by atoms with van der Waals surface area (Å²) < 4.78 is 1.000. The number of carbonyl (C=O) groups is 1. The minimum atomic E-state index is 0.0704. The predicted molar refractivity (Wildman–Crippen MR) is 124 cm³/mol. The summed E-state index contributed by atoms with van der Waals surface area (Å²) in [6, 6.07) is 12.0. The van der Waals surface area contributed by atoms with Gasteiger partial charge < -0.3 is 4.90 Å². The van der Waals surface area contributed by atoms with E-state index in [0.717, 1.165) is 46.1 Å². The summed E-state index contributed by atoms with van der Waals surface area (Å²) in [6.07, 6.45) is 0.370. The molecule has 154 valence electrons. The van der Waals surface area contributed by atoms with Gasteiger partial charge in [-0.25, -0.2) is 4.98 Å². The summed E-state index contributed by atoms with van der Waals surface area (Å²) >= 11 is 7.85. The maximum absolute atomic E-state index is 13.4. The van der Waals surface area contributed by atoms with Crippen LogP contribution in [0.1, 0.15) is 30.5 Å². The zero-order chi connectivity index (χ0) is 21.0. The monoisotopic (exact) mass is 429 g/mol. The molecule has 6 heteroatoms. The van der Waals surface area contributed by atoms with Crippen LogP contribution in [0.4, 0.5) is 5.13 Å². The second kappa shape index (κ2) is 9.70. The Kier molecular flexibility index (Phi) is 7.28. The molecule has 1 aromatic heterocycles. The van der Waals surface area contributed by atoms with Gasteiger partial charge in [-0.3, -0.25) is 9.69 Å². The lowest BCUT2D eigenvalue weighted by Crippen LogP contribution is -2.39. The van der Waals surface area contributed by atoms with E-state index in [-0.39, 0.29) is 5.91 Å². The smallest absolute Gasteiger partial charge is 0.233 e. The Labute approximate surface area is 182 Å². The molecule has 29 heavy (non-hydrogen) atoms. The maximum Gasteiger partial charge on any atom is 0.233 e. The van der Waals surface area contributed by atoms with Crippen molar-refractivity contribution in [3.63, 3.8) is 0 Å². The van der Waals surface area contributed by atoms with Gasteiger partial charge in [0.15, 0.2) is 5.13 Å². The zero-order valence-corrected chi connectivity index (χ0v) is 19.1. The van der Waals surface area contributed by atoms with E-state index >= 15 is 0 Å². The molecule has 0 bridgehead atoms. The first-order valence-corrected chi connectivity index (χ1v) is 11.3. The van der Waals surface area contributed by atoms with Crippen molar-refractivity contribution in [2.45, 2.75) is 34.1 Å². The molecule has 0 saturated heterocycles. The molecule has 0 aliphatic carbocycles. The van der Waals surface area contributed by atoms with Crippen LogP contribution in [0.3, 0.4) is 0 Å². The van der Waals surface area contributed by atoms with Crippen molar-refractivity contribution in [2.75, 3.05) is 31.1 Å². The molecule has 0 atom stereocenters. The summed E-state index contributed by atoms with van der Waals surface area (Å²) in [5, 5.41) is 1.34. The molecule has 1 heterocycles. The number of likely N-dealkylation sites (N-methyl/N-ethyl adjacent to an activating group) is 1. The third-order valence-corrected chi connectivity index (χ3v) is 6.62. The second-order valence-corrected chi connectivity index (χ2v) is 8.68. The molecule has 0 radical (unpaired) electrons. The number of amides is 1. The van der Waals surface area contributed by atoms with Gasteiger partial charge in [0.2, 0.25) is 5.91 Å². The van der Waals surface area contributed by atoms with Crippen LogP contribution >= 0.6 is 22.9 Å². The van der Waals surface area contributed by atoms with E-state index in [1.807, 2.05) is 23.1 Å². The molecule has 3 rings (SSSR count). The summed E-state index contributed by atoms with van der Waals surface area (Å²) in [7, 11) is 0. The summed E-state index contributed by atoms with van der Waals surface area (Å²) in [5.74, 6) is 0.0704. The SMILES string of the molecule is CCN(CC)CCN(C(=O)Cc1cc(C)ccc1C)c1nc2c(Cl)cccc2s1. The highest BCUT2D eigenvalue weighted by molar-refractivity contribution is 7.22. The normalized spacial score (nSPS) is 11.4. The minimum absolute atomic E-state index is 0.0704. The Morgan fingerprint density at radius 3 is 2.55 bits per heavy atom. The Morgan fingerprint density at radius 2 is 1.86 bits per heavy atom. The quantitative estimate of drug-likeness (QED) is 0.475. The van der Waals surface area contributed by atoms with Gasteiger partial charge in [-0.15, -0.1) is 0 Å². The van der Waals surface area contributed by atoms with Crippen LogP contribution in [0.5, 0.6) is 0 Å². The molecule has 0 fully saturated rings. The van der Waals surface area contributed by atoms with Gasteiger partial charge >= 0.3 is 0 Å². The van der Waals surface area contributed by atoms with E-state index < -0.39 is 0 Å². The predicted octanol–water partition coefficient (Wildman–Crippen LogP) is 5.48. The first-order chi connectivity index (χ1) is 13.9. The second-order valence-electron chi connectivity index (χ2n) is 7.26. The number of thiazole rings is 1. The number of fused-ring (bicyclic) bond motifs is 1. The van der Waals surface area contributed by atoms with Gasteiger partial charge in [0.1, 0.15) is 5.52 Å². The van der Waals surface area contributed by atoms with Gasteiger partial charge in [0.25, 0.3) is 0 Å². The number of para-hydroxylation sites is 1. The van der Waals surface area contributed by atoms with Crippen molar-refractivity contribution < 1.29 is 4.79 Å². The Bertz CT molecular complexity index is 997. The summed E-state index contributed by atoms with van der Waals surface area (Å²) in [6.45, 7) is 11.7. The van der Waals surface area contributed by atoms with Crippen molar-refractivity contribution in [3.05, 3.63) is 58.1 Å². The topological polar surface area (TPSA) is 36.4 Å². The molecule has 0 unspecified atom stereocenters. The largest absolute Gasteiger partial charge is 0.302 e. The number of hydrogen-bond acceptors (Lipinski definition) is 4. The van der Waals surface area contributed by atoms with E-state index in [0.29, 0.717) is 18.0 Å². The van der Waals surface area contributed by atoms with E-state index in [9.17, 15) is 4.79 Å². The summed E-state index contributed by atoms with van der Waals surface area (Å²) in [4.78, 5) is 22.2. The van der Waals surface area contributed by atoms with Crippen LogP contribution in [0.2, 0.25) is 5.02 Å². The lowest BCUT2D eigenvalue weighted by molar-refractivity contribution is -0.118. The van der Waals surface area contributed by atoms with E-state index in [1.165, 1.54) is 16.9 Å². The number of benzene rings is 2. The van der Waals surface area contributed by atoms with Crippen molar-refractivity contribution in [3.8, 4) is 0 Å². The van der Waals surface area contributed by atoms with Crippen LogP contribution in [0.25, 0.3) is 10.2 Å². The molecule has 0 aliphatic rings. The molecular formula is C23H28ClN3OS. The standard InChI is InChI=1S/C23H28ClN3OS/c1-5-26(6-2)12-13-27(21(28)15-18-14-16(3)10-11-17(18)4)23-25-22-19(24)8-7-9-20(22)29-23/h7-11,14H,5-6,12-13,15H2,1-4H3. The average Bonchev–Trinajstić information content (AvgIpc) is 3.13. The van der Waals surface area contributed by atoms with E-state index in [2.05, 4.69) is 50.8 Å². The van der Waals surface area contributed by atoms with Gasteiger partial charge in [0, 0.05) is 13.1 Å². The minimum Gasteiger partial charge on any atom is -0.302 e. The molecule has 4 nitrogen and oxygen atoms in total. The van der Waals surface area contributed by atoms with Crippen LogP contribution in [-0.4, -0.2) is 42.0 Å². The molecule has 0 spiro atoms. The van der Waals surface area contributed by atoms with Crippen LogP contribution in [0, 0.1) is 13.8 Å². The van der Waals surface area contributed by atoms with Crippen molar-refractivity contribution in [1.82, 2.24) is 9.88 Å². The number of hydrogen-bond donors (Lipinski definition) is 0. The lowest BCUT2D eigenvalue weighted by atomic mass is 10.0. The number of nitrogens with zero attached hydrogens (tertiary/aromatic N) is 3. The fourth-order valence-electron chi connectivity index (χ4n) is 3.38. The van der Waals surface area contributed by atoms with Gasteiger partial charge in [-0.2, -0.15) is 0 Å². The third kappa shape index (κ3) is 5.16. The lowest BCUT2D eigenvalue weighted by Gasteiger charge is -2.25. The van der Waals surface area contributed by atoms with E-state index in [1.54, 1.807) is 0 Å². The maximum atomic E-state index is 13.4. The molecule has 3 aromatic rings. The van der Waals surface area contributed by atoms with Crippen LogP contribution < -0.4 is 4.90 Å². The number of anilines is 1. The van der Waals surface area contributed by atoms with Gasteiger partial charge in [-0.1, -0.05) is 66.6 Å². The molecule has 0 saturated carbocycles. The molecule has 0 aliphatic heterocycles. The highest BCUT2D eigenvalue weighted by Gasteiger charge is 2.22. The highest BCUT2D eigenvalue weighted by Crippen LogP contribution is 2.33. The first kappa shape index (κ1) is 21.8. The number of rotatable bonds is 8. The molecule has 0 N–H and O–H groups in total. The molecule has 1 amide bonds. The van der Waals surface area contributed by atoms with Crippen LogP contribution in [0.15, 0.2) is 36.4 Å². The Morgan fingerprint density at radius 1 is 1.10 bits per heavy atom. The first-order valence-electron chi connectivity index (χ1n) is 10.1. The Balaban J connectivity index is 1.91. The number of halogens is 1. The van der Waals surface area contributed by atoms with Crippen molar-refractivity contribution in [1.29, 1.82) is 0 Å². The highest BCUT2D eigenvalue weighted by atomic mass is 35.5.